The summed E-state index contributed by atoms with van der Waals surface area (Å²) in [6, 6.07) is 2.13. The zero-order valence-corrected chi connectivity index (χ0v) is 17.9. The van der Waals surface area contributed by atoms with Gasteiger partial charge in [0, 0.05) is 52.7 Å². The number of likely N-dealkylation sites (tertiary alicyclic amines) is 1. The van der Waals surface area contributed by atoms with Crippen LogP contribution in [0, 0.1) is 11.8 Å². The Balaban J connectivity index is 0.00000288. The summed E-state index contributed by atoms with van der Waals surface area (Å²) in [5.41, 5.74) is 1.27. The summed E-state index contributed by atoms with van der Waals surface area (Å²) >= 11 is 0. The van der Waals surface area contributed by atoms with Crippen molar-refractivity contribution in [2.24, 2.45) is 23.9 Å². The summed E-state index contributed by atoms with van der Waals surface area (Å²) in [7, 11) is 3.88. The highest BCUT2D eigenvalue weighted by Crippen LogP contribution is 2.16. The lowest BCUT2D eigenvalue weighted by molar-refractivity contribution is 0.159. The highest BCUT2D eigenvalue weighted by atomic mass is 127. The van der Waals surface area contributed by atoms with Crippen LogP contribution in [0.2, 0.25) is 0 Å². The topological polar surface area (TPSA) is 44.6 Å². The molecule has 2 heterocycles. The summed E-state index contributed by atoms with van der Waals surface area (Å²) < 4.78 is 2.07. The predicted molar refractivity (Wildman–Crippen MR) is 113 cm³/mol. The first-order chi connectivity index (χ1) is 11.1. The number of nitrogens with one attached hydrogen (secondary N) is 2. The van der Waals surface area contributed by atoms with Crippen LogP contribution in [0.25, 0.3) is 0 Å². The van der Waals surface area contributed by atoms with Crippen molar-refractivity contribution in [3.05, 3.63) is 24.0 Å². The molecule has 1 saturated heterocycles. The Bertz CT molecular complexity index is 497. The van der Waals surface area contributed by atoms with Gasteiger partial charge in [0.15, 0.2) is 5.96 Å². The smallest absolute Gasteiger partial charge is 0.191 e. The molecule has 0 radical (unpaired) electrons. The average molecular weight is 447 g/mol. The average Bonchev–Trinajstić information content (AvgIpc) is 2.93. The maximum absolute atomic E-state index is 4.34. The Morgan fingerprint density at radius 3 is 2.79 bits per heavy atom. The van der Waals surface area contributed by atoms with E-state index >= 15 is 0 Å². The minimum atomic E-state index is 0. The molecule has 138 valence electrons. The molecule has 0 spiro atoms. The zero-order chi connectivity index (χ0) is 16.7. The Kier molecular flexibility index (Phi) is 9.73. The van der Waals surface area contributed by atoms with Gasteiger partial charge >= 0.3 is 0 Å². The maximum atomic E-state index is 4.34. The van der Waals surface area contributed by atoms with Crippen molar-refractivity contribution in [1.29, 1.82) is 0 Å². The Hall–Kier alpha value is -0.760. The molecule has 24 heavy (non-hydrogen) atoms. The summed E-state index contributed by atoms with van der Waals surface area (Å²) in [4.78, 5) is 6.95. The number of piperidine rings is 1. The lowest BCUT2D eigenvalue weighted by Crippen LogP contribution is -2.44. The number of hydrogen-bond acceptors (Lipinski definition) is 2. The molecule has 6 heteroatoms. The first-order valence-corrected chi connectivity index (χ1v) is 8.84. The second-order valence-corrected chi connectivity index (χ2v) is 7.15. The molecule has 1 aliphatic rings. The molecule has 1 atom stereocenters. The van der Waals surface area contributed by atoms with E-state index in [1.807, 2.05) is 14.1 Å². The molecule has 0 aromatic carbocycles. The van der Waals surface area contributed by atoms with Crippen molar-refractivity contribution in [1.82, 2.24) is 20.1 Å². The second-order valence-electron chi connectivity index (χ2n) is 7.15. The molecule has 1 aliphatic heterocycles. The molecule has 1 aromatic heterocycles. The van der Waals surface area contributed by atoms with Crippen LogP contribution in [0.15, 0.2) is 23.5 Å². The van der Waals surface area contributed by atoms with Gasteiger partial charge in [0.1, 0.15) is 0 Å². The third-order valence-electron chi connectivity index (χ3n) is 4.36. The van der Waals surface area contributed by atoms with E-state index in [1.165, 1.54) is 38.0 Å². The van der Waals surface area contributed by atoms with Gasteiger partial charge in [0.2, 0.25) is 0 Å². The van der Waals surface area contributed by atoms with E-state index in [4.69, 9.17) is 0 Å². The van der Waals surface area contributed by atoms with Gasteiger partial charge in [-0.3, -0.25) is 4.99 Å². The van der Waals surface area contributed by atoms with Crippen LogP contribution in [0.5, 0.6) is 0 Å². The van der Waals surface area contributed by atoms with Gasteiger partial charge < -0.3 is 20.1 Å². The Morgan fingerprint density at radius 1 is 1.38 bits per heavy atom. The fourth-order valence-electron chi connectivity index (χ4n) is 3.31. The molecule has 5 nitrogen and oxygen atoms in total. The molecule has 0 saturated carbocycles. The number of guanidine groups is 1. The van der Waals surface area contributed by atoms with Gasteiger partial charge in [-0.05, 0) is 42.9 Å². The van der Waals surface area contributed by atoms with Crippen LogP contribution >= 0.6 is 24.0 Å². The summed E-state index contributed by atoms with van der Waals surface area (Å²) in [6.45, 7) is 10.1. The lowest BCUT2D eigenvalue weighted by Gasteiger charge is -2.34. The van der Waals surface area contributed by atoms with Gasteiger partial charge in [-0.2, -0.15) is 0 Å². The number of nitrogens with zero attached hydrogens (tertiary/aromatic N) is 3. The summed E-state index contributed by atoms with van der Waals surface area (Å²) in [5, 5.41) is 6.89. The summed E-state index contributed by atoms with van der Waals surface area (Å²) in [6.07, 6.45) is 6.83. The molecule has 0 amide bonds. The van der Waals surface area contributed by atoms with E-state index in [9.17, 15) is 0 Å². The maximum Gasteiger partial charge on any atom is 0.191 e. The number of halogens is 1. The van der Waals surface area contributed by atoms with E-state index in [0.717, 1.165) is 30.9 Å². The third-order valence-corrected chi connectivity index (χ3v) is 4.36. The molecule has 0 aliphatic carbocycles. The SMILES string of the molecule is CN=C(NCc1ccn(C)c1)NCC1CCCN(CC(C)C)C1.I. The molecule has 2 rings (SSSR count). The molecule has 0 bridgehead atoms. The third kappa shape index (κ3) is 7.42. The molecule has 2 N–H and O–H groups in total. The standard InChI is InChI=1S/C18H33N5.HI/c1-15(2)12-23-8-5-6-16(14-23)10-20-18(19-3)21-11-17-7-9-22(4)13-17;/h7,9,13,15-16H,5-6,8,10-12,14H2,1-4H3,(H2,19,20,21);1H. The van der Waals surface area contributed by atoms with Crippen molar-refractivity contribution in [3.63, 3.8) is 0 Å². The minimum absolute atomic E-state index is 0. The monoisotopic (exact) mass is 447 g/mol. The minimum Gasteiger partial charge on any atom is -0.357 e. The molecule has 1 unspecified atom stereocenters. The number of aryl methyl sites for hydroxylation is 1. The quantitative estimate of drug-likeness (QED) is 0.401. The van der Waals surface area contributed by atoms with Crippen LogP contribution in [0.3, 0.4) is 0 Å². The fourth-order valence-corrected chi connectivity index (χ4v) is 3.31. The van der Waals surface area contributed by atoms with E-state index in [-0.39, 0.29) is 24.0 Å². The molecule has 1 fully saturated rings. The van der Waals surface area contributed by atoms with Crippen LogP contribution < -0.4 is 10.6 Å². The highest BCUT2D eigenvalue weighted by molar-refractivity contribution is 14.0. The van der Waals surface area contributed by atoms with Gasteiger partial charge in [-0.15, -0.1) is 24.0 Å². The molecule has 1 aromatic rings. The number of rotatable bonds is 6. The van der Waals surface area contributed by atoms with Crippen LogP contribution in [0.4, 0.5) is 0 Å². The lowest BCUT2D eigenvalue weighted by atomic mass is 9.97. The van der Waals surface area contributed by atoms with Crippen molar-refractivity contribution in [2.45, 2.75) is 33.2 Å². The summed E-state index contributed by atoms with van der Waals surface area (Å²) in [5.74, 6) is 2.37. The Morgan fingerprint density at radius 2 is 2.17 bits per heavy atom. The van der Waals surface area contributed by atoms with Crippen molar-refractivity contribution in [3.8, 4) is 0 Å². The number of aliphatic imine (C=N–C) groups is 1. The van der Waals surface area contributed by atoms with E-state index < -0.39 is 0 Å². The number of aromatic nitrogens is 1. The largest absolute Gasteiger partial charge is 0.357 e. The van der Waals surface area contributed by atoms with E-state index in [1.54, 1.807) is 0 Å². The van der Waals surface area contributed by atoms with Crippen LogP contribution in [-0.2, 0) is 13.6 Å². The van der Waals surface area contributed by atoms with Gasteiger partial charge in [-0.25, -0.2) is 0 Å². The zero-order valence-electron chi connectivity index (χ0n) is 15.6. The highest BCUT2D eigenvalue weighted by Gasteiger charge is 2.20. The number of hydrogen-bond donors (Lipinski definition) is 2. The first-order valence-electron chi connectivity index (χ1n) is 8.84. The second kappa shape index (κ2) is 11.0. The molecular formula is C18H34IN5. The van der Waals surface area contributed by atoms with Crippen LogP contribution in [-0.4, -0.2) is 48.7 Å². The van der Waals surface area contributed by atoms with Gasteiger partial charge in [0.25, 0.3) is 0 Å². The van der Waals surface area contributed by atoms with Crippen LogP contribution in [0.1, 0.15) is 32.3 Å². The van der Waals surface area contributed by atoms with Crippen molar-refractivity contribution >= 4 is 29.9 Å². The van der Waals surface area contributed by atoms with E-state index in [2.05, 4.69) is 57.4 Å². The molecular weight excluding hydrogens is 413 g/mol. The fraction of sp³-hybridized carbons (Fsp3) is 0.722. The first kappa shape index (κ1) is 21.3. The van der Waals surface area contributed by atoms with Crippen molar-refractivity contribution in [2.75, 3.05) is 33.2 Å². The Labute approximate surface area is 164 Å². The van der Waals surface area contributed by atoms with Gasteiger partial charge in [-0.1, -0.05) is 13.8 Å². The van der Waals surface area contributed by atoms with Crippen molar-refractivity contribution < 1.29 is 0 Å². The predicted octanol–water partition coefficient (Wildman–Crippen LogP) is 2.68. The van der Waals surface area contributed by atoms with E-state index in [0.29, 0.717) is 0 Å². The van der Waals surface area contributed by atoms with Gasteiger partial charge in [0.05, 0.1) is 0 Å². The normalized spacial score (nSPS) is 19.2.